The Balaban J connectivity index is 2.32. The van der Waals surface area contributed by atoms with Gasteiger partial charge in [0, 0.05) is 23.0 Å². The molecule has 0 bridgehead atoms. The summed E-state index contributed by atoms with van der Waals surface area (Å²) in [5, 5.41) is 4.22. The standard InChI is InChI=1S/C17H17Cl2FN2/c1-17(2,11-3-8-14(18)15(19)9-11)16(10-21)22-13-6-4-12(20)5-7-13/h3-10,22H,21H2,1-2H3/b16-10-. The Morgan fingerprint density at radius 2 is 1.73 bits per heavy atom. The fourth-order valence-corrected chi connectivity index (χ4v) is 2.43. The molecule has 22 heavy (non-hydrogen) atoms. The van der Waals surface area contributed by atoms with Crippen LogP contribution in [0.2, 0.25) is 10.0 Å². The van der Waals surface area contributed by atoms with E-state index in [1.165, 1.54) is 18.3 Å². The van der Waals surface area contributed by atoms with Crippen molar-refractivity contribution in [2.75, 3.05) is 5.32 Å². The third-order valence-electron chi connectivity index (χ3n) is 3.60. The molecule has 0 saturated heterocycles. The number of benzene rings is 2. The number of nitrogens with one attached hydrogen (secondary N) is 1. The number of halogens is 3. The Morgan fingerprint density at radius 1 is 1.09 bits per heavy atom. The average molecular weight is 339 g/mol. The molecule has 2 nitrogen and oxygen atoms in total. The molecular formula is C17H17Cl2FN2. The summed E-state index contributed by atoms with van der Waals surface area (Å²) in [6.45, 7) is 4.03. The number of hydrogen-bond donors (Lipinski definition) is 2. The molecule has 0 spiro atoms. The molecule has 0 amide bonds. The summed E-state index contributed by atoms with van der Waals surface area (Å²) < 4.78 is 13.0. The van der Waals surface area contributed by atoms with Crippen molar-refractivity contribution in [3.8, 4) is 0 Å². The zero-order chi connectivity index (χ0) is 16.3. The predicted molar refractivity (Wildman–Crippen MR) is 91.8 cm³/mol. The largest absolute Gasteiger partial charge is 0.403 e. The lowest BCUT2D eigenvalue weighted by atomic mass is 9.81. The molecule has 5 heteroatoms. The fraction of sp³-hybridized carbons (Fsp3) is 0.176. The van der Waals surface area contributed by atoms with Gasteiger partial charge in [-0.15, -0.1) is 0 Å². The Morgan fingerprint density at radius 3 is 2.27 bits per heavy atom. The van der Waals surface area contributed by atoms with Crippen molar-refractivity contribution < 1.29 is 4.39 Å². The van der Waals surface area contributed by atoms with Gasteiger partial charge in [0.1, 0.15) is 5.82 Å². The first-order chi connectivity index (χ1) is 10.3. The van der Waals surface area contributed by atoms with Crippen LogP contribution >= 0.6 is 23.2 Å². The highest BCUT2D eigenvalue weighted by atomic mass is 35.5. The maximum atomic E-state index is 13.0. The Hall–Kier alpha value is -1.71. The van der Waals surface area contributed by atoms with Crippen molar-refractivity contribution in [1.29, 1.82) is 0 Å². The summed E-state index contributed by atoms with van der Waals surface area (Å²) in [4.78, 5) is 0. The van der Waals surface area contributed by atoms with Crippen molar-refractivity contribution in [2.24, 2.45) is 5.73 Å². The van der Waals surface area contributed by atoms with Crippen molar-refractivity contribution in [1.82, 2.24) is 0 Å². The summed E-state index contributed by atoms with van der Waals surface area (Å²) in [6.07, 6.45) is 1.51. The molecule has 2 aromatic carbocycles. The maximum Gasteiger partial charge on any atom is 0.123 e. The first kappa shape index (κ1) is 16.7. The average Bonchev–Trinajstić information content (AvgIpc) is 2.49. The Labute approximate surface area is 139 Å². The molecule has 0 aliphatic carbocycles. The summed E-state index contributed by atoms with van der Waals surface area (Å²) in [7, 11) is 0. The number of rotatable bonds is 4. The molecule has 0 atom stereocenters. The van der Waals surface area contributed by atoms with Crippen molar-refractivity contribution in [3.05, 3.63) is 75.8 Å². The zero-order valence-electron chi connectivity index (χ0n) is 12.3. The summed E-state index contributed by atoms with van der Waals surface area (Å²) in [5.41, 5.74) is 7.86. The van der Waals surface area contributed by atoms with Crippen LogP contribution in [-0.2, 0) is 5.41 Å². The molecule has 2 aromatic rings. The summed E-state index contributed by atoms with van der Waals surface area (Å²) in [6, 6.07) is 11.6. The van der Waals surface area contributed by atoms with Crippen molar-refractivity contribution in [2.45, 2.75) is 19.3 Å². The second kappa shape index (κ2) is 6.59. The van der Waals surface area contributed by atoms with Gasteiger partial charge in [-0.25, -0.2) is 4.39 Å². The Kier molecular flexibility index (Phi) is 4.99. The van der Waals surface area contributed by atoms with Crippen LogP contribution in [0.4, 0.5) is 10.1 Å². The molecule has 0 unspecified atom stereocenters. The molecule has 0 fully saturated rings. The Bertz CT molecular complexity index is 694. The lowest BCUT2D eigenvalue weighted by Gasteiger charge is -2.29. The quantitative estimate of drug-likeness (QED) is 0.791. The van der Waals surface area contributed by atoms with Crippen LogP contribution in [0.25, 0.3) is 0 Å². The van der Waals surface area contributed by atoms with Crippen molar-refractivity contribution >= 4 is 28.9 Å². The van der Waals surface area contributed by atoms with Gasteiger partial charge in [0.25, 0.3) is 0 Å². The molecule has 0 aromatic heterocycles. The number of anilines is 1. The number of allylic oxidation sites excluding steroid dienone is 1. The topological polar surface area (TPSA) is 38.0 Å². The lowest BCUT2D eigenvalue weighted by Crippen LogP contribution is -2.26. The molecule has 0 saturated carbocycles. The highest BCUT2D eigenvalue weighted by Gasteiger charge is 2.26. The van der Waals surface area contributed by atoms with Gasteiger partial charge in [0.05, 0.1) is 10.0 Å². The van der Waals surface area contributed by atoms with E-state index in [0.29, 0.717) is 10.0 Å². The summed E-state index contributed by atoms with van der Waals surface area (Å²) in [5.74, 6) is -0.285. The van der Waals surface area contributed by atoms with Gasteiger partial charge in [0.2, 0.25) is 0 Å². The van der Waals surface area contributed by atoms with Gasteiger partial charge < -0.3 is 11.1 Å². The molecule has 0 aliphatic heterocycles. The van der Waals surface area contributed by atoms with Crippen LogP contribution in [0.1, 0.15) is 19.4 Å². The predicted octanol–water partition coefficient (Wildman–Crippen LogP) is 5.32. The van der Waals surface area contributed by atoms with Crippen molar-refractivity contribution in [3.63, 3.8) is 0 Å². The van der Waals surface area contributed by atoms with Gasteiger partial charge in [0.15, 0.2) is 0 Å². The minimum Gasteiger partial charge on any atom is -0.403 e. The number of nitrogens with two attached hydrogens (primary N) is 1. The number of hydrogen-bond acceptors (Lipinski definition) is 2. The highest BCUT2D eigenvalue weighted by Crippen LogP contribution is 2.35. The fourth-order valence-electron chi connectivity index (χ4n) is 2.14. The zero-order valence-corrected chi connectivity index (χ0v) is 13.8. The smallest absolute Gasteiger partial charge is 0.123 e. The van der Waals surface area contributed by atoms with E-state index >= 15 is 0 Å². The van der Waals surface area contributed by atoms with E-state index in [2.05, 4.69) is 5.32 Å². The lowest BCUT2D eigenvalue weighted by molar-refractivity contribution is 0.623. The van der Waals surface area contributed by atoms with Crippen LogP contribution in [0.5, 0.6) is 0 Å². The third kappa shape index (κ3) is 3.54. The van der Waals surface area contributed by atoms with E-state index in [-0.39, 0.29) is 5.82 Å². The minimum atomic E-state index is -0.419. The monoisotopic (exact) mass is 338 g/mol. The van der Waals surface area contributed by atoms with E-state index in [0.717, 1.165) is 16.9 Å². The maximum absolute atomic E-state index is 13.0. The van der Waals surface area contributed by atoms with E-state index in [1.54, 1.807) is 18.2 Å². The van der Waals surface area contributed by atoms with Crippen LogP contribution in [0.3, 0.4) is 0 Å². The van der Waals surface area contributed by atoms with Gasteiger partial charge >= 0.3 is 0 Å². The van der Waals surface area contributed by atoms with Crippen LogP contribution in [-0.4, -0.2) is 0 Å². The summed E-state index contributed by atoms with van der Waals surface area (Å²) >= 11 is 12.1. The van der Waals surface area contributed by atoms with E-state index in [9.17, 15) is 4.39 Å². The third-order valence-corrected chi connectivity index (χ3v) is 4.34. The first-order valence-corrected chi connectivity index (χ1v) is 7.50. The molecule has 2 rings (SSSR count). The van der Waals surface area contributed by atoms with E-state index < -0.39 is 5.41 Å². The second-order valence-corrected chi connectivity index (χ2v) is 6.28. The second-order valence-electron chi connectivity index (χ2n) is 5.47. The molecule has 0 heterocycles. The minimum absolute atomic E-state index is 0.285. The van der Waals surface area contributed by atoms with Gasteiger partial charge in [-0.2, -0.15) is 0 Å². The molecule has 3 N–H and O–H groups in total. The molecule has 0 radical (unpaired) electrons. The van der Waals surface area contributed by atoms with E-state index in [4.69, 9.17) is 28.9 Å². The van der Waals surface area contributed by atoms with Crippen LogP contribution < -0.4 is 11.1 Å². The molecular weight excluding hydrogens is 322 g/mol. The normalized spacial score (nSPS) is 12.3. The SMILES string of the molecule is CC(C)(/C(=C/N)Nc1ccc(F)cc1)c1ccc(Cl)c(Cl)c1. The van der Waals surface area contributed by atoms with Crippen LogP contribution in [0.15, 0.2) is 54.4 Å². The molecule has 116 valence electrons. The highest BCUT2D eigenvalue weighted by molar-refractivity contribution is 6.42. The van der Waals surface area contributed by atoms with E-state index in [1.807, 2.05) is 26.0 Å². The van der Waals surface area contributed by atoms with Gasteiger partial charge in [-0.1, -0.05) is 43.1 Å². The van der Waals surface area contributed by atoms with Gasteiger partial charge in [-0.3, -0.25) is 0 Å². The van der Waals surface area contributed by atoms with Crippen LogP contribution in [0, 0.1) is 5.82 Å². The van der Waals surface area contributed by atoms with Gasteiger partial charge in [-0.05, 0) is 42.0 Å². The molecule has 0 aliphatic rings. The first-order valence-electron chi connectivity index (χ1n) is 6.75.